The van der Waals surface area contributed by atoms with Crippen molar-refractivity contribution in [1.82, 2.24) is 14.7 Å². The summed E-state index contributed by atoms with van der Waals surface area (Å²) in [5, 5.41) is 4.43. The summed E-state index contributed by atoms with van der Waals surface area (Å²) in [6.45, 7) is 7.05. The summed E-state index contributed by atoms with van der Waals surface area (Å²) >= 11 is 0. The van der Waals surface area contributed by atoms with Gasteiger partial charge in [-0.15, -0.1) is 0 Å². The van der Waals surface area contributed by atoms with Crippen LogP contribution in [0.5, 0.6) is 0 Å². The van der Waals surface area contributed by atoms with Crippen LogP contribution in [0.2, 0.25) is 0 Å². The first-order chi connectivity index (χ1) is 12.6. The van der Waals surface area contributed by atoms with Gasteiger partial charge in [-0.25, -0.2) is 4.68 Å². The molecule has 0 aliphatic rings. The Hall–Kier alpha value is -3.15. The summed E-state index contributed by atoms with van der Waals surface area (Å²) in [5.74, 6) is 0. The Bertz CT molecular complexity index is 789. The maximum absolute atomic E-state index is 10.7. The minimum absolute atomic E-state index is 0.681. The Kier molecular flexibility index (Phi) is 6.91. The van der Waals surface area contributed by atoms with Gasteiger partial charge in [-0.2, -0.15) is 5.10 Å². The number of likely N-dealkylation sites (N-methyl/N-ethyl adjacent to an activating group) is 2. The third-order valence-electron chi connectivity index (χ3n) is 3.95. The second-order valence-corrected chi connectivity index (χ2v) is 5.87. The molecule has 26 heavy (non-hydrogen) atoms. The fourth-order valence-electron chi connectivity index (χ4n) is 2.41. The highest BCUT2D eigenvalue weighted by atomic mass is 16.1. The molecule has 0 spiro atoms. The van der Waals surface area contributed by atoms with E-state index in [0.717, 1.165) is 35.6 Å². The molecule has 1 aromatic carbocycles. The van der Waals surface area contributed by atoms with E-state index in [9.17, 15) is 4.79 Å². The SMILES string of the molecule is C=C/C=C(\N=CC)c1cnn(-c2ccc(N(C)CCN(C)C=O)cc2)c1. The number of rotatable bonds is 9. The van der Waals surface area contributed by atoms with Gasteiger partial charge in [-0.05, 0) is 37.3 Å². The zero-order chi connectivity index (χ0) is 18.9. The number of carbonyl (C=O) groups is 1. The normalized spacial score (nSPS) is 11.6. The average molecular weight is 351 g/mol. The van der Waals surface area contributed by atoms with Gasteiger partial charge in [0.05, 0.1) is 17.6 Å². The van der Waals surface area contributed by atoms with Crippen LogP contribution in [0.15, 0.2) is 60.4 Å². The minimum Gasteiger partial charge on any atom is -0.373 e. The molecule has 1 aromatic heterocycles. The lowest BCUT2D eigenvalue weighted by molar-refractivity contribution is -0.116. The zero-order valence-corrected chi connectivity index (χ0v) is 15.5. The van der Waals surface area contributed by atoms with E-state index in [0.29, 0.717) is 6.54 Å². The molecule has 0 aliphatic carbocycles. The molecule has 0 saturated carbocycles. The van der Waals surface area contributed by atoms with E-state index < -0.39 is 0 Å². The highest BCUT2D eigenvalue weighted by molar-refractivity contribution is 5.73. The Balaban J connectivity index is 2.12. The molecule has 1 heterocycles. The van der Waals surface area contributed by atoms with Gasteiger partial charge in [0.1, 0.15) is 0 Å². The molecule has 0 unspecified atom stereocenters. The van der Waals surface area contributed by atoms with Crippen LogP contribution in [0, 0.1) is 0 Å². The molecule has 2 aromatic rings. The number of amides is 1. The van der Waals surface area contributed by atoms with Gasteiger partial charge in [-0.1, -0.05) is 12.7 Å². The van der Waals surface area contributed by atoms with Gasteiger partial charge < -0.3 is 9.80 Å². The van der Waals surface area contributed by atoms with E-state index in [2.05, 4.69) is 21.6 Å². The molecular weight excluding hydrogens is 326 g/mol. The number of benzene rings is 1. The summed E-state index contributed by atoms with van der Waals surface area (Å²) < 4.78 is 1.82. The van der Waals surface area contributed by atoms with Crippen molar-refractivity contribution in [3.05, 3.63) is 61.0 Å². The maximum atomic E-state index is 10.7. The number of hydrogen-bond donors (Lipinski definition) is 0. The Morgan fingerprint density at radius 1 is 1.27 bits per heavy atom. The monoisotopic (exact) mass is 351 g/mol. The molecule has 0 atom stereocenters. The lowest BCUT2D eigenvalue weighted by atomic mass is 10.2. The average Bonchev–Trinajstić information content (AvgIpc) is 3.15. The van der Waals surface area contributed by atoms with Crippen molar-refractivity contribution in [2.75, 3.05) is 32.1 Å². The summed E-state index contributed by atoms with van der Waals surface area (Å²) in [6, 6.07) is 8.13. The smallest absolute Gasteiger partial charge is 0.209 e. The van der Waals surface area contributed by atoms with Gasteiger partial charge in [0.2, 0.25) is 6.41 Å². The van der Waals surface area contributed by atoms with Crippen LogP contribution in [0.25, 0.3) is 11.4 Å². The quantitative estimate of drug-likeness (QED) is 0.396. The van der Waals surface area contributed by atoms with Gasteiger partial charge >= 0.3 is 0 Å². The molecule has 0 radical (unpaired) electrons. The molecule has 2 rings (SSSR count). The second kappa shape index (κ2) is 9.36. The Morgan fingerprint density at radius 2 is 2.00 bits per heavy atom. The third kappa shape index (κ3) is 4.92. The number of hydrogen-bond acceptors (Lipinski definition) is 4. The van der Waals surface area contributed by atoms with Crippen LogP contribution in [0.1, 0.15) is 12.5 Å². The number of nitrogens with zero attached hydrogens (tertiary/aromatic N) is 5. The zero-order valence-electron chi connectivity index (χ0n) is 15.5. The minimum atomic E-state index is 0.681. The van der Waals surface area contributed by atoms with Crippen molar-refractivity contribution in [3.63, 3.8) is 0 Å². The topological polar surface area (TPSA) is 53.7 Å². The summed E-state index contributed by atoms with van der Waals surface area (Å²) in [4.78, 5) is 18.8. The summed E-state index contributed by atoms with van der Waals surface area (Å²) in [7, 11) is 3.78. The number of aromatic nitrogens is 2. The number of allylic oxidation sites excluding steroid dienone is 2. The molecular formula is C20H25N5O. The molecule has 136 valence electrons. The van der Waals surface area contributed by atoms with Gasteiger partial charge in [0, 0.05) is 50.8 Å². The standard InChI is InChI=1S/C20H25N5O/c1-5-7-20(21-6-2)17-14-22-25(15-17)19-10-8-18(9-11-19)24(4)13-12-23(3)16-26/h5-11,14-16H,1,12-13H2,2-4H3/b20-7-,21-6?. The van der Waals surface area contributed by atoms with E-state index in [1.54, 1.807) is 30.4 Å². The molecule has 1 amide bonds. The first kappa shape index (κ1) is 19.2. The van der Waals surface area contributed by atoms with E-state index in [-0.39, 0.29) is 0 Å². The molecule has 0 aliphatic heterocycles. The second-order valence-electron chi connectivity index (χ2n) is 5.87. The molecule has 0 N–H and O–H groups in total. The summed E-state index contributed by atoms with van der Waals surface area (Å²) in [5.41, 5.74) is 3.81. The Labute approximate surface area is 154 Å². The van der Waals surface area contributed by atoms with Crippen LogP contribution in [0.4, 0.5) is 5.69 Å². The first-order valence-corrected chi connectivity index (χ1v) is 8.42. The van der Waals surface area contributed by atoms with Gasteiger partial charge in [0.25, 0.3) is 0 Å². The van der Waals surface area contributed by atoms with Crippen molar-refractivity contribution >= 4 is 24.0 Å². The summed E-state index contributed by atoms with van der Waals surface area (Å²) in [6.07, 6.45) is 9.89. The predicted molar refractivity (Wildman–Crippen MR) is 108 cm³/mol. The van der Waals surface area contributed by atoms with Crippen LogP contribution in [-0.4, -0.2) is 54.5 Å². The fraction of sp³-hybridized carbons (Fsp3) is 0.250. The lowest BCUT2D eigenvalue weighted by Gasteiger charge is -2.21. The number of aliphatic imine (C=N–C) groups is 1. The molecule has 0 fully saturated rings. The number of anilines is 1. The third-order valence-corrected chi connectivity index (χ3v) is 3.95. The lowest BCUT2D eigenvalue weighted by Crippen LogP contribution is -2.29. The van der Waals surface area contributed by atoms with E-state index in [1.807, 2.05) is 55.2 Å². The van der Waals surface area contributed by atoms with Crippen LogP contribution < -0.4 is 4.90 Å². The largest absolute Gasteiger partial charge is 0.373 e. The maximum Gasteiger partial charge on any atom is 0.209 e. The van der Waals surface area contributed by atoms with E-state index in [1.165, 1.54) is 0 Å². The first-order valence-electron chi connectivity index (χ1n) is 8.42. The molecule has 0 saturated heterocycles. The van der Waals surface area contributed by atoms with E-state index in [4.69, 9.17) is 0 Å². The molecule has 6 nitrogen and oxygen atoms in total. The predicted octanol–water partition coefficient (Wildman–Crippen LogP) is 3.01. The highest BCUT2D eigenvalue weighted by Crippen LogP contribution is 2.19. The van der Waals surface area contributed by atoms with E-state index >= 15 is 0 Å². The van der Waals surface area contributed by atoms with Crippen molar-refractivity contribution in [3.8, 4) is 5.69 Å². The fourth-order valence-corrected chi connectivity index (χ4v) is 2.41. The van der Waals surface area contributed by atoms with Crippen molar-refractivity contribution in [2.45, 2.75) is 6.92 Å². The van der Waals surface area contributed by atoms with Gasteiger partial charge in [-0.3, -0.25) is 9.79 Å². The molecule has 0 bridgehead atoms. The van der Waals surface area contributed by atoms with Crippen LogP contribution >= 0.6 is 0 Å². The van der Waals surface area contributed by atoms with Crippen molar-refractivity contribution in [2.24, 2.45) is 4.99 Å². The van der Waals surface area contributed by atoms with Crippen LogP contribution in [0.3, 0.4) is 0 Å². The number of carbonyl (C=O) groups excluding carboxylic acids is 1. The van der Waals surface area contributed by atoms with Crippen molar-refractivity contribution < 1.29 is 4.79 Å². The van der Waals surface area contributed by atoms with Crippen LogP contribution in [-0.2, 0) is 4.79 Å². The Morgan fingerprint density at radius 3 is 2.62 bits per heavy atom. The van der Waals surface area contributed by atoms with Crippen molar-refractivity contribution in [1.29, 1.82) is 0 Å². The highest BCUT2D eigenvalue weighted by Gasteiger charge is 2.06. The van der Waals surface area contributed by atoms with Gasteiger partial charge in [0.15, 0.2) is 0 Å². The molecule has 6 heteroatoms.